The van der Waals surface area contributed by atoms with Crippen molar-refractivity contribution in [2.45, 2.75) is 32.6 Å². The second-order valence-electron chi connectivity index (χ2n) is 4.93. The summed E-state index contributed by atoms with van der Waals surface area (Å²) in [7, 11) is 1.94. The maximum absolute atomic E-state index is 12.0. The van der Waals surface area contributed by atoms with Crippen molar-refractivity contribution in [3.05, 3.63) is 18.1 Å². The SMILES string of the molecule is CCCCCCN(C)c1cncc(C(=O)Nc2nn[nH]n2)n1. The molecule has 0 saturated heterocycles. The molecule has 2 heterocycles. The van der Waals surface area contributed by atoms with Crippen LogP contribution < -0.4 is 10.2 Å². The topological polar surface area (TPSA) is 113 Å². The van der Waals surface area contributed by atoms with E-state index in [4.69, 9.17) is 0 Å². The number of nitrogens with one attached hydrogen (secondary N) is 2. The molecule has 0 aliphatic carbocycles. The van der Waals surface area contributed by atoms with Crippen LogP contribution in [-0.2, 0) is 0 Å². The van der Waals surface area contributed by atoms with Gasteiger partial charge in [0.1, 0.15) is 11.5 Å². The Morgan fingerprint density at radius 2 is 2.18 bits per heavy atom. The number of unbranched alkanes of at least 4 members (excludes halogenated alkanes) is 3. The van der Waals surface area contributed by atoms with Gasteiger partial charge in [0.25, 0.3) is 11.9 Å². The van der Waals surface area contributed by atoms with Crippen LogP contribution in [0.15, 0.2) is 12.4 Å². The van der Waals surface area contributed by atoms with Crippen molar-refractivity contribution in [1.29, 1.82) is 0 Å². The van der Waals surface area contributed by atoms with Crippen LogP contribution >= 0.6 is 0 Å². The fraction of sp³-hybridized carbons (Fsp3) is 0.538. The zero-order valence-corrected chi connectivity index (χ0v) is 12.8. The van der Waals surface area contributed by atoms with Gasteiger partial charge in [-0.05, 0) is 11.6 Å². The molecule has 0 aliphatic heterocycles. The van der Waals surface area contributed by atoms with Crippen molar-refractivity contribution >= 4 is 17.7 Å². The van der Waals surface area contributed by atoms with Gasteiger partial charge in [0.05, 0.1) is 12.4 Å². The third-order valence-corrected chi connectivity index (χ3v) is 3.16. The predicted octanol–water partition coefficient (Wildman–Crippen LogP) is 1.26. The Balaban J connectivity index is 1.95. The molecule has 0 aliphatic rings. The summed E-state index contributed by atoms with van der Waals surface area (Å²) in [5.41, 5.74) is 0.211. The van der Waals surface area contributed by atoms with Gasteiger partial charge in [0.2, 0.25) is 0 Å². The van der Waals surface area contributed by atoms with E-state index in [0.717, 1.165) is 13.0 Å². The smallest absolute Gasteiger partial charge is 0.278 e. The van der Waals surface area contributed by atoms with E-state index in [1.807, 2.05) is 11.9 Å². The Morgan fingerprint density at radius 3 is 2.91 bits per heavy atom. The quantitative estimate of drug-likeness (QED) is 0.706. The Labute approximate surface area is 128 Å². The van der Waals surface area contributed by atoms with E-state index >= 15 is 0 Å². The van der Waals surface area contributed by atoms with E-state index in [1.165, 1.54) is 25.5 Å². The summed E-state index contributed by atoms with van der Waals surface area (Å²) in [5, 5.41) is 15.4. The van der Waals surface area contributed by atoms with Crippen LogP contribution in [-0.4, -0.2) is 50.1 Å². The Morgan fingerprint density at radius 1 is 1.32 bits per heavy atom. The number of amides is 1. The highest BCUT2D eigenvalue weighted by atomic mass is 16.2. The van der Waals surface area contributed by atoms with Gasteiger partial charge in [0, 0.05) is 13.6 Å². The molecule has 2 rings (SSSR count). The molecule has 0 spiro atoms. The van der Waals surface area contributed by atoms with E-state index < -0.39 is 5.91 Å². The summed E-state index contributed by atoms with van der Waals surface area (Å²) in [6.07, 6.45) is 7.76. The van der Waals surface area contributed by atoms with Crippen LogP contribution in [0, 0.1) is 0 Å². The highest BCUT2D eigenvalue weighted by Gasteiger charge is 2.12. The molecule has 9 heteroatoms. The number of aromatic nitrogens is 6. The molecule has 118 valence electrons. The molecule has 9 nitrogen and oxygen atoms in total. The standard InChI is InChI=1S/C13H20N8O/c1-3-4-5-6-7-21(2)11-9-14-8-10(15-11)12(22)16-13-17-19-20-18-13/h8-9H,3-7H2,1-2H3,(H2,16,17,18,19,20,22). The lowest BCUT2D eigenvalue weighted by Gasteiger charge is -2.17. The number of tetrazole rings is 1. The predicted molar refractivity (Wildman–Crippen MR) is 81.6 cm³/mol. The van der Waals surface area contributed by atoms with E-state index in [9.17, 15) is 4.79 Å². The van der Waals surface area contributed by atoms with Crippen molar-refractivity contribution in [2.75, 3.05) is 23.8 Å². The van der Waals surface area contributed by atoms with Crippen molar-refractivity contribution < 1.29 is 4.79 Å². The third-order valence-electron chi connectivity index (χ3n) is 3.16. The first kappa shape index (κ1) is 15.8. The van der Waals surface area contributed by atoms with Crippen LogP contribution in [0.4, 0.5) is 11.8 Å². The molecule has 0 atom stereocenters. The molecule has 22 heavy (non-hydrogen) atoms. The van der Waals surface area contributed by atoms with E-state index in [-0.39, 0.29) is 11.6 Å². The average Bonchev–Trinajstić information content (AvgIpc) is 3.04. The molecular weight excluding hydrogens is 284 g/mol. The van der Waals surface area contributed by atoms with Gasteiger partial charge in [-0.25, -0.2) is 4.98 Å². The highest BCUT2D eigenvalue weighted by Crippen LogP contribution is 2.10. The molecule has 0 radical (unpaired) electrons. The first-order valence-corrected chi connectivity index (χ1v) is 7.28. The van der Waals surface area contributed by atoms with Crippen molar-refractivity contribution in [3.8, 4) is 0 Å². The third kappa shape index (κ3) is 4.47. The maximum atomic E-state index is 12.0. The van der Waals surface area contributed by atoms with Crippen LogP contribution in [0.2, 0.25) is 0 Å². The minimum atomic E-state index is -0.421. The number of nitrogens with zero attached hydrogens (tertiary/aromatic N) is 6. The fourth-order valence-electron chi connectivity index (χ4n) is 1.92. The molecule has 0 unspecified atom stereocenters. The number of hydrogen-bond donors (Lipinski definition) is 2. The van der Waals surface area contributed by atoms with Crippen LogP contribution in [0.3, 0.4) is 0 Å². The number of carbonyl (C=O) groups excluding carboxylic acids is 1. The van der Waals surface area contributed by atoms with Crippen molar-refractivity contribution in [1.82, 2.24) is 30.6 Å². The normalized spacial score (nSPS) is 10.5. The summed E-state index contributed by atoms with van der Waals surface area (Å²) >= 11 is 0. The summed E-state index contributed by atoms with van der Waals surface area (Å²) in [4.78, 5) is 22.4. The number of H-pyrrole nitrogens is 1. The van der Waals surface area contributed by atoms with E-state index in [0.29, 0.717) is 5.82 Å². The van der Waals surface area contributed by atoms with Crippen molar-refractivity contribution in [2.24, 2.45) is 0 Å². The molecule has 2 aromatic heterocycles. The molecule has 0 fully saturated rings. The average molecular weight is 304 g/mol. The molecule has 2 N–H and O–H groups in total. The van der Waals surface area contributed by atoms with E-state index in [2.05, 4.69) is 42.8 Å². The highest BCUT2D eigenvalue weighted by molar-refractivity contribution is 6.01. The second kappa shape index (κ2) is 8.01. The molecular formula is C13H20N8O. The molecule has 2 aromatic rings. The number of rotatable bonds is 8. The number of hydrogen-bond acceptors (Lipinski definition) is 7. The minimum absolute atomic E-state index is 0.102. The Hall–Kier alpha value is -2.58. The summed E-state index contributed by atoms with van der Waals surface area (Å²) < 4.78 is 0. The van der Waals surface area contributed by atoms with Gasteiger partial charge in [-0.2, -0.15) is 5.21 Å². The fourth-order valence-corrected chi connectivity index (χ4v) is 1.92. The van der Waals surface area contributed by atoms with Gasteiger partial charge in [-0.3, -0.25) is 15.1 Å². The van der Waals surface area contributed by atoms with Crippen LogP contribution in [0.1, 0.15) is 43.1 Å². The Kier molecular flexibility index (Phi) is 5.75. The largest absolute Gasteiger partial charge is 0.358 e. The molecule has 0 bridgehead atoms. The lowest BCUT2D eigenvalue weighted by atomic mass is 10.2. The summed E-state index contributed by atoms with van der Waals surface area (Å²) in [5.74, 6) is 0.345. The van der Waals surface area contributed by atoms with Crippen LogP contribution in [0.5, 0.6) is 0 Å². The maximum Gasteiger partial charge on any atom is 0.278 e. The lowest BCUT2D eigenvalue weighted by molar-refractivity contribution is 0.102. The molecule has 0 aromatic carbocycles. The zero-order valence-electron chi connectivity index (χ0n) is 12.8. The first-order chi connectivity index (χ1) is 10.7. The van der Waals surface area contributed by atoms with Crippen molar-refractivity contribution in [3.63, 3.8) is 0 Å². The number of aromatic amines is 1. The zero-order chi connectivity index (χ0) is 15.8. The molecule has 0 saturated carbocycles. The number of anilines is 2. The number of carbonyl (C=O) groups is 1. The first-order valence-electron chi connectivity index (χ1n) is 7.28. The van der Waals surface area contributed by atoms with Gasteiger partial charge in [-0.15, -0.1) is 5.10 Å². The van der Waals surface area contributed by atoms with Gasteiger partial charge in [0.15, 0.2) is 0 Å². The van der Waals surface area contributed by atoms with E-state index in [1.54, 1.807) is 6.20 Å². The summed E-state index contributed by atoms with van der Waals surface area (Å²) in [6, 6.07) is 0. The molecule has 1 amide bonds. The Bertz CT molecular complexity index is 585. The second-order valence-corrected chi connectivity index (χ2v) is 4.93. The monoisotopic (exact) mass is 304 g/mol. The lowest BCUT2D eigenvalue weighted by Crippen LogP contribution is -2.22. The van der Waals surface area contributed by atoms with Gasteiger partial charge in [-0.1, -0.05) is 31.3 Å². The summed E-state index contributed by atoms with van der Waals surface area (Å²) in [6.45, 7) is 3.06. The van der Waals surface area contributed by atoms with Crippen LogP contribution in [0.25, 0.3) is 0 Å². The minimum Gasteiger partial charge on any atom is -0.358 e. The van der Waals surface area contributed by atoms with Gasteiger partial charge < -0.3 is 4.90 Å². The van der Waals surface area contributed by atoms with Gasteiger partial charge >= 0.3 is 0 Å².